The minimum atomic E-state index is -0.450. The molecular formula is C20H29N3O2. The third kappa shape index (κ3) is 4.60. The van der Waals surface area contributed by atoms with Crippen LogP contribution in [0.5, 0.6) is 0 Å². The van der Waals surface area contributed by atoms with Gasteiger partial charge in [-0.25, -0.2) is 4.79 Å². The second kappa shape index (κ2) is 8.00. The molecule has 1 heterocycles. The first-order valence-electron chi connectivity index (χ1n) is 9.45. The Hall–Kier alpha value is -1.88. The summed E-state index contributed by atoms with van der Waals surface area (Å²) >= 11 is 0. The summed E-state index contributed by atoms with van der Waals surface area (Å²) in [5.74, 6) is 0.521. The molecule has 3 rings (SSSR count). The second-order valence-electron chi connectivity index (χ2n) is 7.55. The van der Waals surface area contributed by atoms with Crippen LogP contribution in [0.1, 0.15) is 49.7 Å². The Bertz CT molecular complexity index is 642. The molecule has 1 saturated carbocycles. The van der Waals surface area contributed by atoms with Gasteiger partial charge in [-0.1, -0.05) is 30.5 Å². The van der Waals surface area contributed by atoms with Crippen molar-refractivity contribution in [2.45, 2.75) is 58.4 Å². The monoisotopic (exact) mass is 343 g/mol. The molecule has 0 radical (unpaired) electrons. The van der Waals surface area contributed by atoms with Crippen LogP contribution in [0.3, 0.4) is 0 Å². The fourth-order valence-corrected chi connectivity index (χ4v) is 4.38. The lowest BCUT2D eigenvalue weighted by atomic mass is 9.78. The molecule has 0 spiro atoms. The van der Waals surface area contributed by atoms with Gasteiger partial charge < -0.3 is 5.32 Å². The van der Waals surface area contributed by atoms with Gasteiger partial charge in [-0.2, -0.15) is 0 Å². The lowest BCUT2D eigenvalue weighted by Crippen LogP contribution is -2.51. The standard InChI is InChI=1S/C20H29N3O2/c1-14-9-10-17(15(2)12-14)21-20(25)22-19(24)13-23-11-5-7-16-6-3-4-8-18(16)23/h9-10,12,16,18H,3-8,11,13H2,1-2H3,(H2,21,22,24,25)/t16-,18+/m1/s1. The van der Waals surface area contributed by atoms with Crippen LogP contribution in [0.2, 0.25) is 0 Å². The Morgan fingerprint density at radius 1 is 1.12 bits per heavy atom. The SMILES string of the molecule is Cc1ccc(NC(=O)NC(=O)CN2CCC[C@H]3CCCC[C@@H]32)c(C)c1. The number of fused-ring (bicyclic) bond motifs is 1. The molecule has 2 aliphatic rings. The Morgan fingerprint density at radius 2 is 1.88 bits per heavy atom. The van der Waals surface area contributed by atoms with Gasteiger partial charge in [0.2, 0.25) is 5.91 Å². The number of hydrogen-bond acceptors (Lipinski definition) is 3. The molecule has 2 atom stereocenters. The maximum atomic E-state index is 12.3. The van der Waals surface area contributed by atoms with E-state index in [9.17, 15) is 9.59 Å². The van der Waals surface area contributed by atoms with Gasteiger partial charge in [-0.3, -0.25) is 15.0 Å². The highest BCUT2D eigenvalue weighted by Crippen LogP contribution is 2.34. The van der Waals surface area contributed by atoms with E-state index >= 15 is 0 Å². The third-order valence-corrected chi connectivity index (χ3v) is 5.59. The van der Waals surface area contributed by atoms with E-state index in [2.05, 4.69) is 15.5 Å². The molecule has 5 nitrogen and oxygen atoms in total. The number of anilines is 1. The quantitative estimate of drug-likeness (QED) is 0.881. The maximum Gasteiger partial charge on any atom is 0.325 e. The topological polar surface area (TPSA) is 61.4 Å². The lowest BCUT2D eigenvalue weighted by Gasteiger charge is -2.43. The molecule has 25 heavy (non-hydrogen) atoms. The average Bonchev–Trinajstić information content (AvgIpc) is 2.57. The van der Waals surface area contributed by atoms with Crippen molar-refractivity contribution in [1.82, 2.24) is 10.2 Å². The van der Waals surface area contributed by atoms with E-state index in [1.807, 2.05) is 32.0 Å². The fraction of sp³-hybridized carbons (Fsp3) is 0.600. The van der Waals surface area contributed by atoms with E-state index in [1.54, 1.807) is 0 Å². The highest BCUT2D eigenvalue weighted by molar-refractivity contribution is 6.02. The van der Waals surface area contributed by atoms with Crippen molar-refractivity contribution in [3.05, 3.63) is 29.3 Å². The highest BCUT2D eigenvalue weighted by Gasteiger charge is 2.34. The molecule has 1 saturated heterocycles. The third-order valence-electron chi connectivity index (χ3n) is 5.59. The van der Waals surface area contributed by atoms with Crippen LogP contribution >= 0.6 is 0 Å². The predicted molar refractivity (Wildman–Crippen MR) is 99.6 cm³/mol. The van der Waals surface area contributed by atoms with Gasteiger partial charge in [0.1, 0.15) is 0 Å². The molecule has 3 amide bonds. The Balaban J connectivity index is 1.52. The largest absolute Gasteiger partial charge is 0.325 e. The van der Waals surface area contributed by atoms with Crippen LogP contribution in [0, 0.1) is 19.8 Å². The van der Waals surface area contributed by atoms with Gasteiger partial charge in [0, 0.05) is 11.7 Å². The number of carbonyl (C=O) groups is 2. The van der Waals surface area contributed by atoms with Crippen molar-refractivity contribution in [3.8, 4) is 0 Å². The number of aryl methyl sites for hydroxylation is 2. The average molecular weight is 343 g/mol. The number of carbonyl (C=O) groups excluding carboxylic acids is 2. The Labute approximate surface area is 150 Å². The van der Waals surface area contributed by atoms with Crippen molar-refractivity contribution in [3.63, 3.8) is 0 Å². The molecule has 1 aliphatic heterocycles. The number of benzene rings is 1. The summed E-state index contributed by atoms with van der Waals surface area (Å²) in [7, 11) is 0. The van der Waals surface area contributed by atoms with E-state index in [0.717, 1.165) is 35.7 Å². The Morgan fingerprint density at radius 3 is 2.68 bits per heavy atom. The first-order chi connectivity index (χ1) is 12.0. The van der Waals surface area contributed by atoms with Crippen LogP contribution in [0.4, 0.5) is 10.5 Å². The molecule has 5 heteroatoms. The van der Waals surface area contributed by atoms with Gasteiger partial charge in [-0.15, -0.1) is 0 Å². The van der Waals surface area contributed by atoms with Crippen LogP contribution in [0.25, 0.3) is 0 Å². The molecular weight excluding hydrogens is 314 g/mol. The van der Waals surface area contributed by atoms with Crippen LogP contribution in [-0.4, -0.2) is 36.0 Å². The van der Waals surface area contributed by atoms with E-state index in [0.29, 0.717) is 12.6 Å². The summed E-state index contributed by atoms with van der Waals surface area (Å²) in [5.41, 5.74) is 2.87. The predicted octanol–water partition coefficient (Wildman–Crippen LogP) is 3.61. The lowest BCUT2D eigenvalue weighted by molar-refractivity contribution is -0.122. The molecule has 2 fully saturated rings. The molecule has 1 aromatic carbocycles. The smallest absolute Gasteiger partial charge is 0.307 e. The maximum absolute atomic E-state index is 12.3. The van der Waals surface area contributed by atoms with Gasteiger partial charge >= 0.3 is 6.03 Å². The zero-order valence-corrected chi connectivity index (χ0v) is 15.3. The van der Waals surface area contributed by atoms with Crippen molar-refractivity contribution < 1.29 is 9.59 Å². The number of urea groups is 1. The summed E-state index contributed by atoms with van der Waals surface area (Å²) in [6, 6.07) is 5.90. The van der Waals surface area contributed by atoms with Crippen molar-refractivity contribution in [2.75, 3.05) is 18.4 Å². The van der Waals surface area contributed by atoms with Crippen molar-refractivity contribution >= 4 is 17.6 Å². The number of imide groups is 1. The summed E-state index contributed by atoms with van der Waals surface area (Å²) < 4.78 is 0. The molecule has 1 aliphatic carbocycles. The van der Waals surface area contributed by atoms with Gasteiger partial charge in [0.15, 0.2) is 0 Å². The fourth-order valence-electron chi connectivity index (χ4n) is 4.38. The summed E-state index contributed by atoms with van der Waals surface area (Å²) in [6.45, 7) is 5.24. The number of nitrogens with zero attached hydrogens (tertiary/aromatic N) is 1. The first kappa shape index (κ1) is 17.9. The van der Waals surface area contributed by atoms with Gasteiger partial charge in [-0.05, 0) is 63.6 Å². The number of nitrogens with one attached hydrogen (secondary N) is 2. The van der Waals surface area contributed by atoms with E-state index in [4.69, 9.17) is 0 Å². The Kier molecular flexibility index (Phi) is 5.74. The molecule has 0 bridgehead atoms. The van der Waals surface area contributed by atoms with Crippen LogP contribution in [0.15, 0.2) is 18.2 Å². The van der Waals surface area contributed by atoms with Crippen LogP contribution in [-0.2, 0) is 4.79 Å². The zero-order chi connectivity index (χ0) is 17.8. The second-order valence-corrected chi connectivity index (χ2v) is 7.55. The van der Waals surface area contributed by atoms with Gasteiger partial charge in [0.25, 0.3) is 0 Å². The molecule has 136 valence electrons. The van der Waals surface area contributed by atoms with Crippen LogP contribution < -0.4 is 10.6 Å². The number of likely N-dealkylation sites (tertiary alicyclic amines) is 1. The number of rotatable bonds is 3. The number of amides is 3. The van der Waals surface area contributed by atoms with Crippen molar-refractivity contribution in [2.24, 2.45) is 5.92 Å². The zero-order valence-electron chi connectivity index (χ0n) is 15.3. The number of hydrogen-bond donors (Lipinski definition) is 2. The normalized spacial score (nSPS) is 23.6. The minimum Gasteiger partial charge on any atom is -0.307 e. The van der Waals surface area contributed by atoms with Crippen molar-refractivity contribution in [1.29, 1.82) is 0 Å². The summed E-state index contributed by atoms with van der Waals surface area (Å²) in [6.07, 6.45) is 7.49. The van der Waals surface area contributed by atoms with Gasteiger partial charge in [0.05, 0.1) is 6.54 Å². The van der Waals surface area contributed by atoms with E-state index in [1.165, 1.54) is 32.1 Å². The van der Waals surface area contributed by atoms with E-state index < -0.39 is 6.03 Å². The first-order valence-corrected chi connectivity index (χ1v) is 9.45. The molecule has 0 unspecified atom stereocenters. The molecule has 0 aromatic heterocycles. The molecule has 2 N–H and O–H groups in total. The summed E-state index contributed by atoms with van der Waals surface area (Å²) in [4.78, 5) is 26.7. The minimum absolute atomic E-state index is 0.214. The number of piperidine rings is 1. The highest BCUT2D eigenvalue weighted by atomic mass is 16.2. The summed E-state index contributed by atoms with van der Waals surface area (Å²) in [5, 5.41) is 5.25. The van der Waals surface area contributed by atoms with E-state index in [-0.39, 0.29) is 5.91 Å². The molecule has 1 aromatic rings.